The van der Waals surface area contributed by atoms with E-state index in [0.29, 0.717) is 6.04 Å². The molecule has 0 aromatic carbocycles. The van der Waals surface area contributed by atoms with E-state index in [-0.39, 0.29) is 0 Å². The third-order valence-electron chi connectivity index (χ3n) is 3.72. The van der Waals surface area contributed by atoms with Gasteiger partial charge >= 0.3 is 0 Å². The van der Waals surface area contributed by atoms with Gasteiger partial charge < -0.3 is 9.88 Å². The summed E-state index contributed by atoms with van der Waals surface area (Å²) in [6.07, 6.45) is 7.27. The van der Waals surface area contributed by atoms with Gasteiger partial charge in [0.25, 0.3) is 0 Å². The Balaban J connectivity index is 1.74. The van der Waals surface area contributed by atoms with Crippen LogP contribution < -0.4 is 5.32 Å². The summed E-state index contributed by atoms with van der Waals surface area (Å²) in [5.41, 5.74) is 1.22. The first-order chi connectivity index (χ1) is 9.78. The summed E-state index contributed by atoms with van der Waals surface area (Å²) >= 11 is 0. The van der Waals surface area contributed by atoms with Gasteiger partial charge in [0.2, 0.25) is 0 Å². The van der Waals surface area contributed by atoms with Crippen molar-refractivity contribution in [2.24, 2.45) is 0 Å². The maximum absolute atomic E-state index is 4.44. The molecule has 6 heteroatoms. The van der Waals surface area contributed by atoms with Crippen LogP contribution in [0.25, 0.3) is 0 Å². The van der Waals surface area contributed by atoms with E-state index in [1.165, 1.54) is 18.5 Å². The van der Waals surface area contributed by atoms with Crippen molar-refractivity contribution in [3.05, 3.63) is 29.9 Å². The summed E-state index contributed by atoms with van der Waals surface area (Å²) in [6, 6.07) is 0.711. The van der Waals surface area contributed by atoms with Crippen molar-refractivity contribution in [3.63, 3.8) is 0 Å². The molecule has 1 N–H and O–H groups in total. The summed E-state index contributed by atoms with van der Waals surface area (Å²) in [5, 5.41) is 7.83. The summed E-state index contributed by atoms with van der Waals surface area (Å²) < 4.78 is 4.21. The summed E-state index contributed by atoms with van der Waals surface area (Å²) in [7, 11) is 0. The van der Waals surface area contributed by atoms with Gasteiger partial charge in [0.1, 0.15) is 18.0 Å². The molecule has 1 aliphatic rings. The van der Waals surface area contributed by atoms with Crippen LogP contribution in [0.2, 0.25) is 0 Å². The Morgan fingerprint density at radius 2 is 2.20 bits per heavy atom. The molecule has 108 valence electrons. The van der Waals surface area contributed by atoms with E-state index in [9.17, 15) is 0 Å². The van der Waals surface area contributed by atoms with E-state index in [0.717, 1.165) is 37.7 Å². The van der Waals surface area contributed by atoms with Crippen molar-refractivity contribution in [1.82, 2.24) is 29.6 Å². The maximum atomic E-state index is 4.44. The third kappa shape index (κ3) is 2.90. The molecule has 2 heterocycles. The SMILES string of the molecule is CCCn1ncnc1Cn1c(CNC2CC2)cnc1C. The Labute approximate surface area is 119 Å². The highest BCUT2D eigenvalue weighted by Crippen LogP contribution is 2.19. The minimum absolute atomic E-state index is 0.711. The standard InChI is InChI=1S/C14H22N6/c1-3-6-20-14(17-10-18-20)9-19-11(2)15-7-13(19)8-16-12-4-5-12/h7,10,12,16H,3-6,8-9H2,1-2H3. The number of imidazole rings is 1. The van der Waals surface area contributed by atoms with E-state index in [1.54, 1.807) is 6.33 Å². The van der Waals surface area contributed by atoms with Crippen molar-refractivity contribution < 1.29 is 0 Å². The highest BCUT2D eigenvalue weighted by molar-refractivity contribution is 5.07. The highest BCUT2D eigenvalue weighted by Gasteiger charge is 2.21. The zero-order valence-electron chi connectivity index (χ0n) is 12.2. The lowest BCUT2D eigenvalue weighted by Crippen LogP contribution is -2.20. The quantitative estimate of drug-likeness (QED) is 0.831. The minimum atomic E-state index is 0.711. The Bertz CT molecular complexity index is 566. The topological polar surface area (TPSA) is 60.6 Å². The lowest BCUT2D eigenvalue weighted by molar-refractivity contribution is 0.540. The van der Waals surface area contributed by atoms with Crippen molar-refractivity contribution in [2.75, 3.05) is 0 Å². The molecular weight excluding hydrogens is 252 g/mol. The second kappa shape index (κ2) is 5.75. The molecule has 3 rings (SSSR count). The third-order valence-corrected chi connectivity index (χ3v) is 3.72. The fourth-order valence-corrected chi connectivity index (χ4v) is 2.36. The molecule has 0 amide bonds. The first-order valence-corrected chi connectivity index (χ1v) is 7.39. The van der Waals surface area contributed by atoms with Gasteiger partial charge in [0, 0.05) is 25.3 Å². The van der Waals surface area contributed by atoms with Crippen LogP contribution in [-0.4, -0.2) is 30.4 Å². The predicted molar refractivity (Wildman–Crippen MR) is 76.2 cm³/mol. The van der Waals surface area contributed by atoms with Gasteiger partial charge in [0.15, 0.2) is 0 Å². The molecule has 0 bridgehead atoms. The average molecular weight is 274 g/mol. The van der Waals surface area contributed by atoms with Crippen LogP contribution in [0.4, 0.5) is 0 Å². The molecule has 0 saturated heterocycles. The molecule has 20 heavy (non-hydrogen) atoms. The summed E-state index contributed by atoms with van der Waals surface area (Å²) in [5.74, 6) is 2.03. The van der Waals surface area contributed by atoms with Crippen LogP contribution in [0.5, 0.6) is 0 Å². The number of aryl methyl sites for hydroxylation is 2. The molecule has 0 spiro atoms. The minimum Gasteiger partial charge on any atom is -0.323 e. The van der Waals surface area contributed by atoms with Gasteiger partial charge in [-0.15, -0.1) is 0 Å². The van der Waals surface area contributed by atoms with Gasteiger partial charge in [-0.3, -0.25) is 0 Å². The number of hydrogen-bond donors (Lipinski definition) is 1. The van der Waals surface area contributed by atoms with E-state index in [2.05, 4.69) is 31.9 Å². The Kier molecular flexibility index (Phi) is 3.82. The van der Waals surface area contributed by atoms with E-state index >= 15 is 0 Å². The van der Waals surface area contributed by atoms with Gasteiger partial charge in [-0.25, -0.2) is 14.6 Å². The van der Waals surface area contributed by atoms with Crippen LogP contribution in [-0.2, 0) is 19.6 Å². The van der Waals surface area contributed by atoms with Crippen LogP contribution in [0.15, 0.2) is 12.5 Å². The predicted octanol–water partition coefficient (Wildman–Crippen LogP) is 1.49. The fourth-order valence-electron chi connectivity index (χ4n) is 2.36. The van der Waals surface area contributed by atoms with Crippen LogP contribution in [0.1, 0.15) is 43.5 Å². The first kappa shape index (κ1) is 13.3. The van der Waals surface area contributed by atoms with Crippen molar-refractivity contribution in [3.8, 4) is 0 Å². The van der Waals surface area contributed by atoms with Crippen molar-refractivity contribution in [2.45, 2.75) is 58.8 Å². The van der Waals surface area contributed by atoms with Gasteiger partial charge in [-0.1, -0.05) is 6.92 Å². The van der Waals surface area contributed by atoms with Gasteiger partial charge in [-0.05, 0) is 26.2 Å². The molecule has 1 aliphatic carbocycles. The molecular formula is C14H22N6. The molecule has 1 fully saturated rings. The van der Waals surface area contributed by atoms with E-state index in [4.69, 9.17) is 0 Å². The van der Waals surface area contributed by atoms with Gasteiger partial charge in [-0.2, -0.15) is 5.10 Å². The van der Waals surface area contributed by atoms with Crippen LogP contribution >= 0.6 is 0 Å². The largest absolute Gasteiger partial charge is 0.323 e. The molecule has 0 radical (unpaired) electrons. The zero-order valence-corrected chi connectivity index (χ0v) is 12.2. The maximum Gasteiger partial charge on any atom is 0.146 e. The second-order valence-electron chi connectivity index (χ2n) is 5.44. The van der Waals surface area contributed by atoms with Crippen LogP contribution in [0.3, 0.4) is 0 Å². The van der Waals surface area contributed by atoms with Crippen molar-refractivity contribution in [1.29, 1.82) is 0 Å². The van der Waals surface area contributed by atoms with Gasteiger partial charge in [0.05, 0.1) is 12.2 Å². The average Bonchev–Trinajstić information content (AvgIpc) is 3.08. The number of rotatable bonds is 7. The monoisotopic (exact) mass is 274 g/mol. The fraction of sp³-hybridized carbons (Fsp3) is 0.643. The molecule has 0 aliphatic heterocycles. The molecule has 0 unspecified atom stereocenters. The molecule has 6 nitrogen and oxygen atoms in total. The first-order valence-electron chi connectivity index (χ1n) is 7.39. The number of hydrogen-bond acceptors (Lipinski definition) is 4. The van der Waals surface area contributed by atoms with E-state index < -0.39 is 0 Å². The normalized spacial score (nSPS) is 14.9. The lowest BCUT2D eigenvalue weighted by Gasteiger charge is -2.11. The highest BCUT2D eigenvalue weighted by atomic mass is 15.3. The summed E-state index contributed by atoms with van der Waals surface area (Å²) in [6.45, 7) is 6.74. The molecule has 2 aromatic heterocycles. The lowest BCUT2D eigenvalue weighted by atomic mass is 10.4. The molecule has 2 aromatic rings. The van der Waals surface area contributed by atoms with E-state index in [1.807, 2.05) is 17.8 Å². The number of aromatic nitrogens is 5. The smallest absolute Gasteiger partial charge is 0.146 e. The Morgan fingerprint density at radius 1 is 1.35 bits per heavy atom. The Hall–Kier alpha value is -1.69. The summed E-state index contributed by atoms with van der Waals surface area (Å²) in [4.78, 5) is 8.82. The molecule has 0 atom stereocenters. The Morgan fingerprint density at radius 3 is 2.95 bits per heavy atom. The van der Waals surface area contributed by atoms with Crippen molar-refractivity contribution >= 4 is 0 Å². The number of nitrogens with one attached hydrogen (secondary N) is 1. The second-order valence-corrected chi connectivity index (χ2v) is 5.44. The van der Waals surface area contributed by atoms with Crippen LogP contribution in [0, 0.1) is 6.92 Å². The number of nitrogens with zero attached hydrogens (tertiary/aromatic N) is 5. The molecule has 1 saturated carbocycles. The zero-order chi connectivity index (χ0) is 13.9.